The van der Waals surface area contributed by atoms with E-state index >= 15 is 0 Å². The van der Waals surface area contributed by atoms with Crippen LogP contribution in [0.5, 0.6) is 5.75 Å². The van der Waals surface area contributed by atoms with Crippen LogP contribution in [0.25, 0.3) is 33.3 Å². The lowest BCUT2D eigenvalue weighted by Crippen LogP contribution is -2.07. The molecule has 4 nitrogen and oxygen atoms in total. The van der Waals surface area contributed by atoms with Crippen molar-refractivity contribution < 1.29 is 13.6 Å². The molecule has 0 amide bonds. The van der Waals surface area contributed by atoms with Gasteiger partial charge < -0.3 is 13.6 Å². The lowest BCUT2D eigenvalue weighted by atomic mass is 10.1. The molecule has 0 aliphatic rings. The van der Waals surface area contributed by atoms with E-state index in [1.54, 1.807) is 32.2 Å². The van der Waals surface area contributed by atoms with Crippen molar-refractivity contribution in [1.29, 1.82) is 0 Å². The minimum Gasteiger partial charge on any atom is -0.497 e. The number of rotatable bonds is 2. The Balaban J connectivity index is 2.01. The van der Waals surface area contributed by atoms with E-state index in [0.717, 1.165) is 11.0 Å². The van der Waals surface area contributed by atoms with E-state index in [9.17, 15) is 4.79 Å². The summed E-state index contributed by atoms with van der Waals surface area (Å²) in [7, 11) is 1.58. The molecule has 0 atom stereocenters. The highest BCUT2D eigenvalue weighted by molar-refractivity contribution is 5.87. The summed E-state index contributed by atoms with van der Waals surface area (Å²) in [5.41, 5.74) is 1.60. The smallest absolute Gasteiger partial charge is 0.203 e. The Labute approximate surface area is 131 Å². The summed E-state index contributed by atoms with van der Waals surface area (Å²) in [5, 5.41) is 1.46. The molecule has 2 aromatic carbocycles. The molecule has 0 aliphatic heterocycles. The van der Waals surface area contributed by atoms with Crippen LogP contribution in [0.4, 0.5) is 0 Å². The first-order chi connectivity index (χ1) is 11.2. The number of hydrogen-bond acceptors (Lipinski definition) is 4. The van der Waals surface area contributed by atoms with Gasteiger partial charge in [0.25, 0.3) is 0 Å². The Kier molecular flexibility index (Phi) is 2.98. The van der Waals surface area contributed by atoms with Gasteiger partial charge >= 0.3 is 0 Å². The second-order valence-corrected chi connectivity index (χ2v) is 5.37. The minimum atomic E-state index is -0.106. The zero-order valence-corrected chi connectivity index (χ0v) is 12.8. The van der Waals surface area contributed by atoms with Crippen LogP contribution in [0.1, 0.15) is 5.76 Å². The highest BCUT2D eigenvalue weighted by atomic mass is 16.5. The van der Waals surface area contributed by atoms with Crippen LogP contribution in [0, 0.1) is 6.92 Å². The molecule has 0 bridgehead atoms. The van der Waals surface area contributed by atoms with Crippen LogP contribution in [-0.2, 0) is 0 Å². The molecule has 0 unspecified atom stereocenters. The van der Waals surface area contributed by atoms with E-state index in [-0.39, 0.29) is 5.43 Å². The Hall–Kier alpha value is -3.01. The summed E-state index contributed by atoms with van der Waals surface area (Å²) in [6.45, 7) is 1.77. The van der Waals surface area contributed by atoms with Gasteiger partial charge in [0.1, 0.15) is 34.0 Å². The number of furan rings is 1. The number of ether oxygens (including phenoxy) is 1. The van der Waals surface area contributed by atoms with E-state index in [0.29, 0.717) is 33.8 Å². The molecule has 4 heteroatoms. The van der Waals surface area contributed by atoms with Gasteiger partial charge in [0.05, 0.1) is 12.5 Å². The summed E-state index contributed by atoms with van der Waals surface area (Å²) in [6, 6.07) is 14.7. The minimum absolute atomic E-state index is 0.106. The van der Waals surface area contributed by atoms with Crippen LogP contribution in [0.15, 0.2) is 62.2 Å². The number of methoxy groups -OCH3 is 1. The summed E-state index contributed by atoms with van der Waals surface area (Å²) in [5.74, 6) is 1.70. The molecule has 2 aromatic heterocycles. The Morgan fingerprint density at radius 2 is 1.78 bits per heavy atom. The van der Waals surface area contributed by atoms with Crippen LogP contribution < -0.4 is 10.2 Å². The Morgan fingerprint density at radius 1 is 0.957 bits per heavy atom. The van der Waals surface area contributed by atoms with Gasteiger partial charge in [-0.3, -0.25) is 4.79 Å². The maximum absolute atomic E-state index is 12.9. The van der Waals surface area contributed by atoms with Gasteiger partial charge in [-0.25, -0.2) is 0 Å². The molecular formula is C19H14O4. The zero-order chi connectivity index (χ0) is 16.0. The fourth-order valence-corrected chi connectivity index (χ4v) is 2.80. The van der Waals surface area contributed by atoms with Crippen LogP contribution in [0.2, 0.25) is 0 Å². The average molecular weight is 306 g/mol. The molecule has 4 aromatic rings. The third-order valence-electron chi connectivity index (χ3n) is 3.95. The van der Waals surface area contributed by atoms with E-state index in [1.165, 1.54) is 0 Å². The first-order valence-electron chi connectivity index (χ1n) is 7.28. The Bertz CT molecular complexity index is 1050. The van der Waals surface area contributed by atoms with Crippen LogP contribution in [-0.4, -0.2) is 7.11 Å². The fourth-order valence-electron chi connectivity index (χ4n) is 2.80. The molecule has 23 heavy (non-hydrogen) atoms. The highest BCUT2D eigenvalue weighted by Crippen LogP contribution is 2.30. The first kappa shape index (κ1) is 13.6. The number of hydrogen-bond donors (Lipinski definition) is 0. The number of aryl methyl sites for hydroxylation is 1. The maximum Gasteiger partial charge on any atom is 0.203 e. The summed E-state index contributed by atoms with van der Waals surface area (Å²) < 4.78 is 16.8. The maximum atomic E-state index is 12.9. The highest BCUT2D eigenvalue weighted by Gasteiger charge is 2.17. The average Bonchev–Trinajstić information content (AvgIpc) is 2.97. The van der Waals surface area contributed by atoms with Gasteiger partial charge in [-0.05, 0) is 31.2 Å². The van der Waals surface area contributed by atoms with Crippen molar-refractivity contribution in [3.8, 4) is 17.1 Å². The van der Waals surface area contributed by atoms with Crippen molar-refractivity contribution >= 4 is 21.9 Å². The standard InChI is InChI=1S/C19H14O4/c1-11-18(17-9-12-5-3-4-6-15(12)23-17)19(20)14-8-7-13(21-2)10-16(14)22-11/h3-10H,1-2H3. The molecule has 0 saturated carbocycles. The summed E-state index contributed by atoms with van der Waals surface area (Å²) in [4.78, 5) is 12.9. The van der Waals surface area contributed by atoms with E-state index in [4.69, 9.17) is 13.6 Å². The van der Waals surface area contributed by atoms with Gasteiger partial charge in [-0.1, -0.05) is 18.2 Å². The number of para-hydroxylation sites is 1. The van der Waals surface area contributed by atoms with E-state index in [1.807, 2.05) is 30.3 Å². The molecule has 114 valence electrons. The van der Waals surface area contributed by atoms with Gasteiger partial charge in [0.2, 0.25) is 5.43 Å². The van der Waals surface area contributed by atoms with Crippen molar-refractivity contribution in [3.63, 3.8) is 0 Å². The van der Waals surface area contributed by atoms with Crippen molar-refractivity contribution in [1.82, 2.24) is 0 Å². The van der Waals surface area contributed by atoms with Crippen molar-refractivity contribution in [2.45, 2.75) is 6.92 Å². The molecule has 0 radical (unpaired) electrons. The van der Waals surface area contributed by atoms with Gasteiger partial charge in [0.15, 0.2) is 0 Å². The zero-order valence-electron chi connectivity index (χ0n) is 12.8. The predicted molar refractivity (Wildman–Crippen MR) is 89.0 cm³/mol. The second-order valence-electron chi connectivity index (χ2n) is 5.37. The summed E-state index contributed by atoms with van der Waals surface area (Å²) in [6.07, 6.45) is 0. The first-order valence-corrected chi connectivity index (χ1v) is 7.28. The SMILES string of the molecule is COc1ccc2c(=O)c(-c3cc4ccccc4o3)c(C)oc2c1. The van der Waals surface area contributed by atoms with Gasteiger partial charge in [-0.2, -0.15) is 0 Å². The molecule has 0 spiro atoms. The molecule has 4 rings (SSSR count). The predicted octanol–water partition coefficient (Wildman–Crippen LogP) is 4.52. The lowest BCUT2D eigenvalue weighted by molar-refractivity contribution is 0.414. The van der Waals surface area contributed by atoms with Crippen molar-refractivity contribution in [3.05, 3.63) is 64.5 Å². The monoisotopic (exact) mass is 306 g/mol. The number of fused-ring (bicyclic) bond motifs is 2. The normalized spacial score (nSPS) is 11.2. The molecule has 0 fully saturated rings. The molecule has 0 N–H and O–H groups in total. The fraction of sp³-hybridized carbons (Fsp3) is 0.105. The van der Waals surface area contributed by atoms with Crippen molar-refractivity contribution in [2.75, 3.05) is 7.11 Å². The molecule has 0 saturated heterocycles. The van der Waals surface area contributed by atoms with Crippen molar-refractivity contribution in [2.24, 2.45) is 0 Å². The molecular weight excluding hydrogens is 292 g/mol. The lowest BCUT2D eigenvalue weighted by Gasteiger charge is -2.06. The van der Waals surface area contributed by atoms with Crippen LogP contribution in [0.3, 0.4) is 0 Å². The van der Waals surface area contributed by atoms with E-state index < -0.39 is 0 Å². The third kappa shape index (κ3) is 2.11. The van der Waals surface area contributed by atoms with E-state index in [2.05, 4.69) is 0 Å². The number of benzene rings is 2. The van der Waals surface area contributed by atoms with Gasteiger partial charge in [0, 0.05) is 11.5 Å². The quantitative estimate of drug-likeness (QED) is 0.546. The van der Waals surface area contributed by atoms with Crippen LogP contribution >= 0.6 is 0 Å². The molecule has 2 heterocycles. The second kappa shape index (κ2) is 5.02. The summed E-state index contributed by atoms with van der Waals surface area (Å²) >= 11 is 0. The third-order valence-corrected chi connectivity index (χ3v) is 3.95. The topological polar surface area (TPSA) is 52.6 Å². The molecule has 0 aliphatic carbocycles. The Morgan fingerprint density at radius 3 is 2.57 bits per heavy atom. The van der Waals surface area contributed by atoms with Gasteiger partial charge in [-0.15, -0.1) is 0 Å². The largest absolute Gasteiger partial charge is 0.497 e.